The summed E-state index contributed by atoms with van der Waals surface area (Å²) in [5.74, 6) is 0.972. The van der Waals surface area contributed by atoms with Crippen molar-refractivity contribution in [2.75, 3.05) is 6.61 Å². The molecule has 0 spiro atoms. The highest BCUT2D eigenvalue weighted by atomic mass is 16.6. The molecule has 0 fully saturated rings. The number of hydrogen-bond acceptors (Lipinski definition) is 7. The number of ether oxygens (including phenoxy) is 4. The lowest BCUT2D eigenvalue weighted by Gasteiger charge is -2.26. The van der Waals surface area contributed by atoms with Crippen LogP contribution >= 0.6 is 0 Å². The van der Waals surface area contributed by atoms with Gasteiger partial charge in [-0.3, -0.25) is 0 Å². The number of carbonyl (C=O) groups is 1. The van der Waals surface area contributed by atoms with E-state index in [0.717, 1.165) is 22.3 Å². The molecule has 4 aromatic carbocycles. The predicted molar refractivity (Wildman–Crippen MR) is 150 cm³/mol. The Bertz CT molecular complexity index is 1580. The van der Waals surface area contributed by atoms with Gasteiger partial charge in [-0.2, -0.15) is 5.26 Å². The molecule has 1 aliphatic rings. The fourth-order valence-electron chi connectivity index (χ4n) is 4.39. The van der Waals surface area contributed by atoms with E-state index in [1.807, 2.05) is 62.4 Å². The molecular formula is C33H28N2O5. The van der Waals surface area contributed by atoms with Crippen LogP contribution in [0.1, 0.15) is 33.7 Å². The number of rotatable bonds is 8. The van der Waals surface area contributed by atoms with E-state index in [4.69, 9.17) is 24.7 Å². The van der Waals surface area contributed by atoms with E-state index in [9.17, 15) is 10.1 Å². The second kappa shape index (κ2) is 11.7. The van der Waals surface area contributed by atoms with Crippen molar-refractivity contribution in [3.8, 4) is 29.1 Å². The van der Waals surface area contributed by atoms with E-state index in [-0.39, 0.29) is 18.2 Å². The number of fused-ring (bicyclic) bond motifs is 1. The maximum absolute atomic E-state index is 12.4. The Hall–Kier alpha value is -5.22. The van der Waals surface area contributed by atoms with E-state index < -0.39 is 11.9 Å². The third-order valence-corrected chi connectivity index (χ3v) is 6.54. The number of allylic oxidation sites excluding steroid dienone is 1. The normalized spacial score (nSPS) is 14.0. The number of nitrogens with two attached hydrogens (primary N) is 1. The smallest absolute Gasteiger partial charge is 0.349 e. The zero-order valence-electron chi connectivity index (χ0n) is 22.2. The number of carbonyl (C=O) groups excluding carboxylic acids is 1. The van der Waals surface area contributed by atoms with Gasteiger partial charge in [0.05, 0.1) is 5.92 Å². The lowest BCUT2D eigenvalue weighted by molar-refractivity contribution is -0.136. The first-order valence-corrected chi connectivity index (χ1v) is 12.8. The molecule has 5 rings (SSSR count). The van der Waals surface area contributed by atoms with Crippen LogP contribution in [-0.4, -0.2) is 12.6 Å². The molecule has 0 saturated heterocycles. The van der Waals surface area contributed by atoms with Gasteiger partial charge >= 0.3 is 5.97 Å². The lowest BCUT2D eigenvalue weighted by Crippen LogP contribution is -2.21. The summed E-state index contributed by atoms with van der Waals surface area (Å²) in [6, 6.07) is 30.3. The van der Waals surface area contributed by atoms with Gasteiger partial charge in [0, 0.05) is 11.6 Å². The molecule has 1 heterocycles. The van der Waals surface area contributed by atoms with Crippen LogP contribution in [0.4, 0.5) is 0 Å². The van der Waals surface area contributed by atoms with Gasteiger partial charge < -0.3 is 24.7 Å². The Morgan fingerprint density at radius 3 is 2.12 bits per heavy atom. The van der Waals surface area contributed by atoms with E-state index in [0.29, 0.717) is 29.4 Å². The maximum Gasteiger partial charge on any atom is 0.349 e. The van der Waals surface area contributed by atoms with E-state index in [1.54, 1.807) is 30.3 Å². The van der Waals surface area contributed by atoms with Gasteiger partial charge in [0.2, 0.25) is 5.88 Å². The van der Waals surface area contributed by atoms with Gasteiger partial charge in [-0.25, -0.2) is 4.79 Å². The molecule has 40 heavy (non-hydrogen) atoms. The quantitative estimate of drug-likeness (QED) is 0.216. The average Bonchev–Trinajstić information content (AvgIpc) is 2.96. The van der Waals surface area contributed by atoms with Crippen molar-refractivity contribution in [2.45, 2.75) is 26.4 Å². The van der Waals surface area contributed by atoms with Crippen LogP contribution in [0, 0.1) is 25.2 Å². The minimum Gasteiger partial charge on any atom is -0.489 e. The molecule has 4 aromatic rings. The Morgan fingerprint density at radius 2 is 1.45 bits per heavy atom. The van der Waals surface area contributed by atoms with Crippen LogP contribution in [0.2, 0.25) is 0 Å². The number of nitriles is 1. The zero-order valence-corrected chi connectivity index (χ0v) is 22.2. The van der Waals surface area contributed by atoms with E-state index in [1.165, 1.54) is 5.56 Å². The monoisotopic (exact) mass is 532 g/mol. The first kappa shape index (κ1) is 26.4. The molecule has 1 unspecified atom stereocenters. The molecular weight excluding hydrogens is 504 g/mol. The van der Waals surface area contributed by atoms with Gasteiger partial charge in [-0.1, -0.05) is 65.7 Å². The predicted octanol–water partition coefficient (Wildman–Crippen LogP) is 6.09. The summed E-state index contributed by atoms with van der Waals surface area (Å²) in [7, 11) is 0. The van der Waals surface area contributed by atoms with E-state index in [2.05, 4.69) is 18.2 Å². The summed E-state index contributed by atoms with van der Waals surface area (Å²) in [6.45, 7) is 4.22. The minimum atomic E-state index is -0.560. The molecule has 0 radical (unpaired) electrons. The van der Waals surface area contributed by atoms with Crippen LogP contribution in [0.15, 0.2) is 102 Å². The highest BCUT2D eigenvalue weighted by molar-refractivity contribution is 5.74. The SMILES string of the molecule is Cc1ccc(COc2ccc(C3C(C#N)=C(N)Oc4cc(OC(=O)COc5ccc(C)cc5)ccc43)cc2)cc1. The van der Waals surface area contributed by atoms with Crippen molar-refractivity contribution in [3.05, 3.63) is 130 Å². The van der Waals surface area contributed by atoms with Gasteiger partial charge in [0.15, 0.2) is 6.61 Å². The number of esters is 1. The third kappa shape index (κ3) is 6.08. The highest BCUT2D eigenvalue weighted by Gasteiger charge is 2.31. The van der Waals surface area contributed by atoms with Crippen LogP contribution in [-0.2, 0) is 11.4 Å². The fourth-order valence-corrected chi connectivity index (χ4v) is 4.39. The molecule has 0 saturated carbocycles. The van der Waals surface area contributed by atoms with Crippen LogP contribution in [0.5, 0.6) is 23.0 Å². The number of aryl methyl sites for hydroxylation is 2. The summed E-state index contributed by atoms with van der Waals surface area (Å²) < 4.78 is 22.7. The summed E-state index contributed by atoms with van der Waals surface area (Å²) in [4.78, 5) is 12.4. The number of hydrogen-bond donors (Lipinski definition) is 1. The lowest BCUT2D eigenvalue weighted by atomic mass is 9.83. The zero-order chi connectivity index (χ0) is 28.1. The minimum absolute atomic E-state index is 0.00544. The molecule has 2 N–H and O–H groups in total. The number of benzene rings is 4. The molecule has 0 bridgehead atoms. The Morgan fingerprint density at radius 1 is 0.850 bits per heavy atom. The molecule has 7 heteroatoms. The average molecular weight is 533 g/mol. The molecule has 0 aliphatic carbocycles. The second-order valence-corrected chi connectivity index (χ2v) is 9.54. The summed E-state index contributed by atoms with van der Waals surface area (Å²) >= 11 is 0. The van der Waals surface area contributed by atoms with Crippen molar-refractivity contribution in [1.29, 1.82) is 5.26 Å². The first-order chi connectivity index (χ1) is 19.4. The van der Waals surface area contributed by atoms with Crippen molar-refractivity contribution >= 4 is 5.97 Å². The van der Waals surface area contributed by atoms with Gasteiger partial charge in [0.25, 0.3) is 0 Å². The van der Waals surface area contributed by atoms with Gasteiger partial charge in [-0.05, 0) is 55.3 Å². The summed E-state index contributed by atoms with van der Waals surface area (Å²) in [6.07, 6.45) is 0. The Balaban J connectivity index is 1.29. The van der Waals surface area contributed by atoms with Crippen molar-refractivity contribution in [2.24, 2.45) is 5.73 Å². The van der Waals surface area contributed by atoms with Crippen LogP contribution in [0.3, 0.4) is 0 Å². The first-order valence-electron chi connectivity index (χ1n) is 12.8. The Labute approximate surface area is 233 Å². The van der Waals surface area contributed by atoms with Gasteiger partial charge in [-0.15, -0.1) is 0 Å². The van der Waals surface area contributed by atoms with Crippen LogP contribution < -0.4 is 24.7 Å². The van der Waals surface area contributed by atoms with Crippen molar-refractivity contribution in [1.82, 2.24) is 0 Å². The van der Waals surface area contributed by atoms with Crippen LogP contribution in [0.25, 0.3) is 0 Å². The van der Waals surface area contributed by atoms with Crippen molar-refractivity contribution < 1.29 is 23.7 Å². The van der Waals surface area contributed by atoms with Crippen molar-refractivity contribution in [3.63, 3.8) is 0 Å². The molecule has 7 nitrogen and oxygen atoms in total. The fraction of sp³-hybridized carbons (Fsp3) is 0.152. The Kier molecular flexibility index (Phi) is 7.70. The topological polar surface area (TPSA) is 104 Å². The summed E-state index contributed by atoms with van der Waals surface area (Å²) in [5.41, 5.74) is 11.4. The van der Waals surface area contributed by atoms with Gasteiger partial charge in [0.1, 0.15) is 41.2 Å². The molecule has 1 aliphatic heterocycles. The molecule has 0 amide bonds. The van der Waals surface area contributed by atoms with E-state index >= 15 is 0 Å². The molecule has 1 atom stereocenters. The highest BCUT2D eigenvalue weighted by Crippen LogP contribution is 2.43. The third-order valence-electron chi connectivity index (χ3n) is 6.54. The molecule has 0 aromatic heterocycles. The summed E-state index contributed by atoms with van der Waals surface area (Å²) in [5, 5.41) is 9.87. The maximum atomic E-state index is 12.4. The number of nitrogens with zero attached hydrogens (tertiary/aromatic N) is 1. The molecule has 200 valence electrons. The largest absolute Gasteiger partial charge is 0.489 e. The standard InChI is InChI=1S/C33H28N2O5/c1-21-3-7-23(8-4-21)19-37-26-13-9-24(10-14-26)32-28-16-15-27(17-30(28)40-33(35)29(32)18-34)39-31(36)20-38-25-11-5-22(2)6-12-25/h3-17,32H,19-20,35H2,1-2H3. The second-order valence-electron chi connectivity index (χ2n) is 9.54.